The van der Waals surface area contributed by atoms with Gasteiger partial charge in [0.2, 0.25) is 0 Å². The van der Waals surface area contributed by atoms with Gasteiger partial charge < -0.3 is 24.8 Å². The summed E-state index contributed by atoms with van der Waals surface area (Å²) in [6, 6.07) is 2.84. The van der Waals surface area contributed by atoms with Gasteiger partial charge >= 0.3 is 5.97 Å². The summed E-state index contributed by atoms with van der Waals surface area (Å²) in [6.07, 6.45) is 2.42. The van der Waals surface area contributed by atoms with Gasteiger partial charge in [-0.15, -0.1) is 0 Å². The van der Waals surface area contributed by atoms with Gasteiger partial charge in [0.05, 0.1) is 13.2 Å². The predicted molar refractivity (Wildman–Crippen MR) is 94.0 cm³/mol. The first-order chi connectivity index (χ1) is 12.3. The third-order valence-corrected chi connectivity index (χ3v) is 3.95. The number of aromatic hydroxyl groups is 1. The summed E-state index contributed by atoms with van der Waals surface area (Å²) in [6.45, 7) is 1.64. The van der Waals surface area contributed by atoms with E-state index in [9.17, 15) is 24.9 Å². The summed E-state index contributed by atoms with van der Waals surface area (Å²) in [5.74, 6) is -1.29. The number of methoxy groups -OCH3 is 1. The first-order valence-corrected chi connectivity index (χ1v) is 8.18. The zero-order valence-electron chi connectivity index (χ0n) is 14.6. The second kappa shape index (κ2) is 8.64. The summed E-state index contributed by atoms with van der Waals surface area (Å²) in [5, 5.41) is 30.0. The Labute approximate surface area is 151 Å². The van der Waals surface area contributed by atoms with Crippen LogP contribution in [-0.2, 0) is 9.53 Å². The predicted octanol–water partition coefficient (Wildman–Crippen LogP) is 1.60. The average Bonchev–Trinajstić information content (AvgIpc) is 2.59. The first-order valence-electron chi connectivity index (χ1n) is 8.18. The molecular formula is C19H22O7. The number of aliphatic hydroxyl groups excluding tert-OH is 2. The van der Waals surface area contributed by atoms with E-state index in [0.29, 0.717) is 11.3 Å². The molecule has 1 aliphatic heterocycles. The Kier molecular flexibility index (Phi) is 6.54. The van der Waals surface area contributed by atoms with Crippen LogP contribution in [-0.4, -0.2) is 52.5 Å². The molecule has 1 aromatic rings. The van der Waals surface area contributed by atoms with Crippen LogP contribution in [0.3, 0.4) is 0 Å². The van der Waals surface area contributed by atoms with Crippen molar-refractivity contribution in [1.82, 2.24) is 0 Å². The molecule has 0 aromatic heterocycles. The number of ether oxygens (including phenoxy) is 2. The highest BCUT2D eigenvalue weighted by molar-refractivity contribution is 5.97. The monoisotopic (exact) mass is 362 g/mol. The number of hydrogen-bond donors (Lipinski definition) is 3. The third kappa shape index (κ3) is 4.71. The van der Waals surface area contributed by atoms with E-state index in [1.165, 1.54) is 37.5 Å². The number of hydrogen-bond acceptors (Lipinski definition) is 7. The fraction of sp³-hybridized carbons (Fsp3) is 0.368. The maximum absolute atomic E-state index is 12.4. The quantitative estimate of drug-likeness (QED) is 0.650. The molecule has 1 aromatic carbocycles. The summed E-state index contributed by atoms with van der Waals surface area (Å²) < 4.78 is 10.4. The highest BCUT2D eigenvalue weighted by Crippen LogP contribution is 2.30. The number of esters is 1. The van der Waals surface area contributed by atoms with E-state index in [2.05, 4.69) is 0 Å². The Hall–Kier alpha value is -2.64. The minimum atomic E-state index is -1.55. The normalized spacial score (nSPS) is 27.0. The lowest BCUT2D eigenvalue weighted by atomic mass is 10.0. The van der Waals surface area contributed by atoms with Crippen LogP contribution < -0.4 is 4.74 Å². The maximum atomic E-state index is 12.4. The second-order valence-corrected chi connectivity index (χ2v) is 6.02. The number of cyclic esters (lactones) is 1. The molecule has 140 valence electrons. The van der Waals surface area contributed by atoms with Crippen LogP contribution >= 0.6 is 0 Å². The van der Waals surface area contributed by atoms with E-state index in [0.717, 1.165) is 6.08 Å². The number of ketones is 1. The average molecular weight is 362 g/mol. The zero-order valence-corrected chi connectivity index (χ0v) is 14.6. The fourth-order valence-corrected chi connectivity index (χ4v) is 2.51. The van der Waals surface area contributed by atoms with Crippen molar-refractivity contribution < 1.29 is 34.4 Å². The topological polar surface area (TPSA) is 113 Å². The molecule has 3 N–H and O–H groups in total. The summed E-state index contributed by atoms with van der Waals surface area (Å²) >= 11 is 0. The maximum Gasteiger partial charge on any atom is 0.342 e. The lowest BCUT2D eigenvalue weighted by Gasteiger charge is -2.16. The SMILES string of the molecule is COc1cc(O)c2c(c1)/C=C/C[C@@H](O)[C@@H](O)C(=O)/C=C\C[C@@H](C)OC2=O. The summed E-state index contributed by atoms with van der Waals surface area (Å²) in [4.78, 5) is 24.3. The number of benzene rings is 1. The molecule has 0 saturated heterocycles. The minimum absolute atomic E-state index is 0.0242. The van der Waals surface area contributed by atoms with Gasteiger partial charge in [0.1, 0.15) is 29.3 Å². The van der Waals surface area contributed by atoms with Crippen molar-refractivity contribution in [2.75, 3.05) is 7.11 Å². The van der Waals surface area contributed by atoms with Crippen molar-refractivity contribution in [3.8, 4) is 11.5 Å². The van der Waals surface area contributed by atoms with Gasteiger partial charge in [0.25, 0.3) is 0 Å². The van der Waals surface area contributed by atoms with E-state index in [-0.39, 0.29) is 24.2 Å². The van der Waals surface area contributed by atoms with Gasteiger partial charge in [0.15, 0.2) is 5.78 Å². The fourth-order valence-electron chi connectivity index (χ4n) is 2.51. The minimum Gasteiger partial charge on any atom is -0.507 e. The highest BCUT2D eigenvalue weighted by Gasteiger charge is 2.23. The van der Waals surface area contributed by atoms with E-state index in [1.54, 1.807) is 6.92 Å². The van der Waals surface area contributed by atoms with Crippen molar-refractivity contribution in [2.24, 2.45) is 0 Å². The lowest BCUT2D eigenvalue weighted by molar-refractivity contribution is -0.127. The Bertz CT molecular complexity index is 736. The molecule has 0 spiro atoms. The molecule has 0 aliphatic carbocycles. The van der Waals surface area contributed by atoms with Crippen LogP contribution in [0, 0.1) is 0 Å². The molecule has 7 nitrogen and oxygen atoms in total. The van der Waals surface area contributed by atoms with Crippen LogP contribution in [0.15, 0.2) is 30.4 Å². The number of aliphatic hydroxyl groups is 2. The summed E-state index contributed by atoms with van der Waals surface area (Å²) in [5.41, 5.74) is 0.306. The second-order valence-electron chi connectivity index (χ2n) is 6.02. The Morgan fingerprint density at radius 2 is 1.81 bits per heavy atom. The molecule has 2 rings (SSSR count). The van der Waals surface area contributed by atoms with Crippen molar-refractivity contribution in [2.45, 2.75) is 38.1 Å². The molecular weight excluding hydrogens is 340 g/mol. The van der Waals surface area contributed by atoms with Gasteiger partial charge in [-0.2, -0.15) is 0 Å². The van der Waals surface area contributed by atoms with Crippen molar-refractivity contribution in [3.63, 3.8) is 0 Å². The van der Waals surface area contributed by atoms with Crippen LogP contribution in [0.4, 0.5) is 0 Å². The molecule has 0 radical (unpaired) electrons. The summed E-state index contributed by atoms with van der Waals surface area (Å²) in [7, 11) is 1.42. The van der Waals surface area contributed by atoms with Gasteiger partial charge in [-0.1, -0.05) is 18.2 Å². The van der Waals surface area contributed by atoms with Crippen LogP contribution in [0.5, 0.6) is 11.5 Å². The van der Waals surface area contributed by atoms with Crippen molar-refractivity contribution >= 4 is 17.8 Å². The number of carbonyl (C=O) groups excluding carboxylic acids is 2. The number of phenolic OH excluding ortho intramolecular Hbond substituents is 1. The Balaban J connectivity index is 2.45. The molecule has 0 unspecified atom stereocenters. The number of fused-ring (bicyclic) bond motifs is 1. The van der Waals surface area contributed by atoms with Crippen LogP contribution in [0.1, 0.15) is 35.7 Å². The van der Waals surface area contributed by atoms with Gasteiger partial charge in [0, 0.05) is 12.5 Å². The molecule has 1 heterocycles. The first kappa shape index (κ1) is 19.7. The number of rotatable bonds is 1. The van der Waals surface area contributed by atoms with E-state index in [4.69, 9.17) is 9.47 Å². The van der Waals surface area contributed by atoms with Gasteiger partial charge in [-0.25, -0.2) is 4.79 Å². The van der Waals surface area contributed by atoms with E-state index < -0.39 is 30.1 Å². The van der Waals surface area contributed by atoms with E-state index >= 15 is 0 Å². The number of carbonyl (C=O) groups is 2. The van der Waals surface area contributed by atoms with Gasteiger partial charge in [-0.05, 0) is 31.1 Å². The molecule has 7 heteroatoms. The van der Waals surface area contributed by atoms with Crippen LogP contribution in [0.25, 0.3) is 6.08 Å². The third-order valence-electron chi connectivity index (χ3n) is 3.95. The number of phenols is 1. The molecule has 0 fully saturated rings. The Morgan fingerprint density at radius 3 is 2.50 bits per heavy atom. The molecule has 3 atom stereocenters. The highest BCUT2D eigenvalue weighted by atomic mass is 16.5. The molecule has 0 amide bonds. The lowest BCUT2D eigenvalue weighted by Crippen LogP contribution is -2.32. The standard InChI is InChI=1S/C19H22O7/c1-11-5-3-7-14(20)18(23)15(21)8-4-6-12-9-13(25-2)10-16(22)17(12)19(24)26-11/h3-4,6-7,9-11,15,18,21-23H,5,8H2,1-2H3/b6-4+,7-3-/t11-,15-,18+/m1/s1. The van der Waals surface area contributed by atoms with Crippen molar-refractivity contribution in [3.05, 3.63) is 41.5 Å². The van der Waals surface area contributed by atoms with Crippen LogP contribution in [0.2, 0.25) is 0 Å². The Morgan fingerprint density at radius 1 is 1.12 bits per heavy atom. The smallest absolute Gasteiger partial charge is 0.342 e. The zero-order chi connectivity index (χ0) is 19.3. The molecule has 26 heavy (non-hydrogen) atoms. The van der Waals surface area contributed by atoms with E-state index in [1.807, 2.05) is 0 Å². The van der Waals surface area contributed by atoms with Crippen molar-refractivity contribution in [1.29, 1.82) is 0 Å². The molecule has 1 aliphatic rings. The largest absolute Gasteiger partial charge is 0.507 e. The van der Waals surface area contributed by atoms with Gasteiger partial charge in [-0.3, -0.25) is 4.79 Å². The molecule has 0 bridgehead atoms. The molecule has 0 saturated carbocycles.